The Hall–Kier alpha value is -1.55. The van der Waals surface area contributed by atoms with Crippen molar-refractivity contribution in [2.45, 2.75) is 58.2 Å². The Morgan fingerprint density at radius 2 is 1.87 bits per heavy atom. The van der Waals surface area contributed by atoms with Gasteiger partial charge in [0.25, 0.3) is 0 Å². The number of hydrogen-bond acceptors (Lipinski definition) is 3. The minimum atomic E-state index is -0.437. The van der Waals surface area contributed by atoms with E-state index in [4.69, 9.17) is 4.74 Å². The van der Waals surface area contributed by atoms with Gasteiger partial charge in [-0.1, -0.05) is 30.3 Å². The molecule has 1 heterocycles. The quantitative estimate of drug-likeness (QED) is 0.907. The van der Waals surface area contributed by atoms with Crippen LogP contribution in [0.4, 0.5) is 4.79 Å². The second-order valence-corrected chi connectivity index (χ2v) is 7.41. The number of amides is 1. The Bertz CT molecular complexity index is 487. The van der Waals surface area contributed by atoms with E-state index in [-0.39, 0.29) is 12.2 Å². The van der Waals surface area contributed by atoms with E-state index in [2.05, 4.69) is 0 Å². The molecule has 1 aliphatic heterocycles. The van der Waals surface area contributed by atoms with Crippen molar-refractivity contribution in [1.29, 1.82) is 0 Å². The molecule has 1 aromatic rings. The van der Waals surface area contributed by atoms with E-state index in [0.29, 0.717) is 5.92 Å². The zero-order valence-corrected chi connectivity index (χ0v) is 14.5. The summed E-state index contributed by atoms with van der Waals surface area (Å²) in [6.07, 6.45) is 3.15. The first-order valence-electron chi connectivity index (χ1n) is 8.56. The average molecular weight is 319 g/mol. The van der Waals surface area contributed by atoms with Crippen LogP contribution in [0.2, 0.25) is 0 Å². The lowest BCUT2D eigenvalue weighted by Gasteiger charge is -2.33. The molecule has 0 bridgehead atoms. The highest BCUT2D eigenvalue weighted by Crippen LogP contribution is 2.27. The molecule has 1 fully saturated rings. The van der Waals surface area contributed by atoms with Crippen molar-refractivity contribution >= 4 is 6.09 Å². The van der Waals surface area contributed by atoms with Gasteiger partial charge in [0, 0.05) is 13.1 Å². The lowest BCUT2D eigenvalue weighted by molar-refractivity contribution is 0.0174. The van der Waals surface area contributed by atoms with E-state index in [9.17, 15) is 9.90 Å². The van der Waals surface area contributed by atoms with Crippen molar-refractivity contribution in [2.75, 3.05) is 13.1 Å². The van der Waals surface area contributed by atoms with Gasteiger partial charge in [0.2, 0.25) is 0 Å². The molecular weight excluding hydrogens is 290 g/mol. The van der Waals surface area contributed by atoms with Gasteiger partial charge in [-0.3, -0.25) is 0 Å². The number of aliphatic hydroxyl groups is 1. The highest BCUT2D eigenvalue weighted by molar-refractivity contribution is 5.68. The number of hydrogen-bond donors (Lipinski definition) is 1. The molecule has 0 unspecified atom stereocenters. The first kappa shape index (κ1) is 17.8. The normalized spacial score (nSPS) is 17.8. The summed E-state index contributed by atoms with van der Waals surface area (Å²) < 4.78 is 5.42. The van der Waals surface area contributed by atoms with Gasteiger partial charge in [0.1, 0.15) is 5.60 Å². The fourth-order valence-electron chi connectivity index (χ4n) is 2.97. The maximum absolute atomic E-state index is 12.0. The topological polar surface area (TPSA) is 49.8 Å². The van der Waals surface area contributed by atoms with Crippen LogP contribution in [0.25, 0.3) is 0 Å². The summed E-state index contributed by atoms with van der Waals surface area (Å²) >= 11 is 0. The fourth-order valence-corrected chi connectivity index (χ4v) is 2.97. The first-order valence-corrected chi connectivity index (χ1v) is 8.56. The highest BCUT2D eigenvalue weighted by Gasteiger charge is 2.27. The van der Waals surface area contributed by atoms with Gasteiger partial charge in [-0.05, 0) is 57.9 Å². The second-order valence-electron chi connectivity index (χ2n) is 7.41. The highest BCUT2D eigenvalue weighted by atomic mass is 16.6. The minimum absolute atomic E-state index is 0.208. The van der Waals surface area contributed by atoms with Crippen LogP contribution in [0.1, 0.15) is 58.1 Å². The summed E-state index contributed by atoms with van der Waals surface area (Å²) in [4.78, 5) is 13.8. The van der Waals surface area contributed by atoms with Crippen molar-refractivity contribution in [2.24, 2.45) is 5.92 Å². The number of aliphatic hydroxyl groups excluding tert-OH is 1. The molecule has 0 aliphatic carbocycles. The van der Waals surface area contributed by atoms with Crippen LogP contribution in [0.15, 0.2) is 30.3 Å². The van der Waals surface area contributed by atoms with E-state index < -0.39 is 5.60 Å². The smallest absolute Gasteiger partial charge is 0.410 e. The second kappa shape index (κ2) is 7.82. The number of likely N-dealkylation sites (tertiary alicyclic amines) is 1. The van der Waals surface area contributed by atoms with Crippen LogP contribution in [0.5, 0.6) is 0 Å². The number of benzene rings is 1. The Balaban J connectivity index is 1.72. The summed E-state index contributed by atoms with van der Waals surface area (Å²) in [6.45, 7) is 7.18. The molecule has 1 saturated heterocycles. The molecule has 23 heavy (non-hydrogen) atoms. The van der Waals surface area contributed by atoms with E-state index in [1.807, 2.05) is 51.1 Å². The number of carbonyl (C=O) groups excluding carboxylic acids is 1. The predicted octanol–water partition coefficient (Wildman–Crippen LogP) is 4.15. The summed E-state index contributed by atoms with van der Waals surface area (Å²) in [5, 5.41) is 10.2. The van der Waals surface area contributed by atoms with Crippen molar-refractivity contribution in [3.05, 3.63) is 35.9 Å². The van der Waals surface area contributed by atoms with Crippen LogP contribution in [0, 0.1) is 5.92 Å². The molecule has 4 nitrogen and oxygen atoms in total. The molecule has 1 aliphatic rings. The fraction of sp³-hybridized carbons (Fsp3) is 0.632. The van der Waals surface area contributed by atoms with Gasteiger partial charge < -0.3 is 14.7 Å². The van der Waals surface area contributed by atoms with Crippen molar-refractivity contribution in [3.8, 4) is 0 Å². The van der Waals surface area contributed by atoms with Gasteiger partial charge >= 0.3 is 6.09 Å². The zero-order chi connectivity index (χ0) is 16.9. The Morgan fingerprint density at radius 1 is 1.26 bits per heavy atom. The predicted molar refractivity (Wildman–Crippen MR) is 91.2 cm³/mol. The van der Waals surface area contributed by atoms with Gasteiger partial charge in [-0.25, -0.2) is 4.79 Å². The largest absolute Gasteiger partial charge is 0.444 e. The Labute approximate surface area is 139 Å². The number of piperidine rings is 1. The van der Waals surface area contributed by atoms with Crippen molar-refractivity contribution in [3.63, 3.8) is 0 Å². The lowest BCUT2D eigenvalue weighted by atomic mass is 9.90. The Kier molecular flexibility index (Phi) is 6.05. The van der Waals surface area contributed by atoms with Crippen LogP contribution in [-0.2, 0) is 4.74 Å². The Morgan fingerprint density at radius 3 is 2.43 bits per heavy atom. The number of ether oxygens (including phenoxy) is 1. The van der Waals surface area contributed by atoms with Crippen LogP contribution >= 0.6 is 0 Å². The van der Waals surface area contributed by atoms with Crippen molar-refractivity contribution in [1.82, 2.24) is 4.90 Å². The van der Waals surface area contributed by atoms with E-state index in [1.54, 1.807) is 4.90 Å². The summed E-state index contributed by atoms with van der Waals surface area (Å²) in [7, 11) is 0. The van der Waals surface area contributed by atoms with Crippen LogP contribution in [0.3, 0.4) is 0 Å². The number of rotatable bonds is 4. The standard InChI is InChI=1S/C19H29NO3/c1-19(2,3)23-18(22)20-13-11-15(12-14-20)9-10-17(21)16-7-5-4-6-8-16/h4-8,15,17,21H,9-14H2,1-3H3/t17-/m0/s1. The number of nitrogens with zero attached hydrogens (tertiary/aromatic N) is 1. The van der Waals surface area contributed by atoms with Crippen LogP contribution in [-0.4, -0.2) is 34.8 Å². The van der Waals surface area contributed by atoms with Crippen LogP contribution < -0.4 is 0 Å². The lowest BCUT2D eigenvalue weighted by Crippen LogP contribution is -2.41. The summed E-state index contributed by atoms with van der Waals surface area (Å²) in [5.41, 5.74) is 0.548. The molecule has 1 aromatic carbocycles. The average Bonchev–Trinajstić information content (AvgIpc) is 2.52. The van der Waals surface area contributed by atoms with E-state index >= 15 is 0 Å². The molecule has 4 heteroatoms. The summed E-state index contributed by atoms with van der Waals surface area (Å²) in [5.74, 6) is 0.576. The summed E-state index contributed by atoms with van der Waals surface area (Å²) in [6, 6.07) is 9.81. The third-order valence-electron chi connectivity index (χ3n) is 4.30. The molecule has 1 atom stereocenters. The molecule has 0 saturated carbocycles. The van der Waals surface area contributed by atoms with Gasteiger partial charge in [-0.2, -0.15) is 0 Å². The minimum Gasteiger partial charge on any atom is -0.444 e. The van der Waals surface area contributed by atoms with Gasteiger partial charge in [0.05, 0.1) is 6.10 Å². The molecule has 0 aromatic heterocycles. The first-order chi connectivity index (χ1) is 10.8. The molecule has 128 valence electrons. The monoisotopic (exact) mass is 319 g/mol. The van der Waals surface area contributed by atoms with Gasteiger partial charge in [0.15, 0.2) is 0 Å². The van der Waals surface area contributed by atoms with E-state index in [0.717, 1.165) is 44.3 Å². The third-order valence-corrected chi connectivity index (χ3v) is 4.30. The molecular formula is C19H29NO3. The maximum atomic E-state index is 12.0. The molecule has 0 radical (unpaired) electrons. The number of carbonyl (C=O) groups is 1. The van der Waals surface area contributed by atoms with Gasteiger partial charge in [-0.15, -0.1) is 0 Å². The molecule has 2 rings (SSSR count). The maximum Gasteiger partial charge on any atom is 0.410 e. The van der Waals surface area contributed by atoms with Crippen molar-refractivity contribution < 1.29 is 14.6 Å². The third kappa shape index (κ3) is 5.87. The SMILES string of the molecule is CC(C)(C)OC(=O)N1CCC(CC[C@H](O)c2ccccc2)CC1. The molecule has 1 amide bonds. The molecule has 0 spiro atoms. The van der Waals surface area contributed by atoms with E-state index in [1.165, 1.54) is 0 Å². The zero-order valence-electron chi connectivity index (χ0n) is 14.5. The molecule has 1 N–H and O–H groups in total.